The minimum Gasteiger partial charge on any atom is -0.486 e. The molecule has 2 unspecified atom stereocenters. The summed E-state index contributed by atoms with van der Waals surface area (Å²) in [6.45, 7) is 3.67. The summed E-state index contributed by atoms with van der Waals surface area (Å²) in [4.78, 5) is 0. The lowest BCUT2D eigenvalue weighted by molar-refractivity contribution is 0.171. The van der Waals surface area contributed by atoms with Crippen molar-refractivity contribution in [1.29, 1.82) is 0 Å². The van der Waals surface area contributed by atoms with E-state index in [9.17, 15) is 0 Å². The Morgan fingerprint density at radius 2 is 2.00 bits per heavy atom. The second kappa shape index (κ2) is 4.47. The number of hydrogen-bond acceptors (Lipinski definition) is 3. The Hall–Kier alpha value is -1.22. The number of ether oxygens (including phenoxy) is 2. The molecule has 1 aromatic carbocycles. The fourth-order valence-electron chi connectivity index (χ4n) is 3.17. The highest BCUT2D eigenvalue weighted by molar-refractivity contribution is 5.46. The quantitative estimate of drug-likeness (QED) is 0.871. The molecule has 0 radical (unpaired) electrons. The van der Waals surface area contributed by atoms with Gasteiger partial charge in [0, 0.05) is 6.04 Å². The fourth-order valence-corrected chi connectivity index (χ4v) is 3.17. The van der Waals surface area contributed by atoms with E-state index < -0.39 is 0 Å². The molecule has 3 nitrogen and oxygen atoms in total. The van der Waals surface area contributed by atoms with Crippen molar-refractivity contribution in [2.45, 2.75) is 37.6 Å². The zero-order valence-electron chi connectivity index (χ0n) is 11.2. The Labute approximate surface area is 108 Å². The number of hydrogen-bond donors (Lipinski definition) is 1. The minimum atomic E-state index is 0.267. The molecule has 1 aromatic rings. The zero-order chi connectivity index (χ0) is 12.6. The average molecular weight is 247 g/mol. The van der Waals surface area contributed by atoms with Crippen LogP contribution < -0.4 is 14.8 Å². The third-order valence-corrected chi connectivity index (χ3v) is 4.39. The van der Waals surface area contributed by atoms with E-state index in [1.807, 2.05) is 0 Å². The lowest BCUT2D eigenvalue weighted by Crippen LogP contribution is -2.26. The van der Waals surface area contributed by atoms with Crippen LogP contribution in [0.2, 0.25) is 0 Å². The predicted octanol–water partition coefficient (Wildman–Crippen LogP) is 2.49. The van der Waals surface area contributed by atoms with Gasteiger partial charge in [-0.2, -0.15) is 0 Å². The number of rotatable bonds is 2. The Morgan fingerprint density at radius 3 is 2.72 bits per heavy atom. The first kappa shape index (κ1) is 11.8. The van der Waals surface area contributed by atoms with Crippen LogP contribution in [0.1, 0.15) is 31.7 Å². The summed E-state index contributed by atoms with van der Waals surface area (Å²) < 4.78 is 11.3. The van der Waals surface area contributed by atoms with Crippen molar-refractivity contribution >= 4 is 0 Å². The van der Waals surface area contributed by atoms with Gasteiger partial charge >= 0.3 is 0 Å². The maximum atomic E-state index is 5.68. The Bertz CT molecular complexity index is 446. The van der Waals surface area contributed by atoms with Crippen LogP contribution in [0.5, 0.6) is 11.5 Å². The van der Waals surface area contributed by atoms with E-state index in [0.717, 1.165) is 11.5 Å². The third-order valence-electron chi connectivity index (χ3n) is 4.39. The van der Waals surface area contributed by atoms with E-state index in [-0.39, 0.29) is 5.41 Å². The topological polar surface area (TPSA) is 30.5 Å². The summed E-state index contributed by atoms with van der Waals surface area (Å²) in [6.07, 6.45) is 3.68. The SMILES string of the molecule is CNC1CCC(C)(c2ccc3c(c2)OCCO3)C1. The summed E-state index contributed by atoms with van der Waals surface area (Å²) in [5, 5.41) is 3.40. The van der Waals surface area contributed by atoms with Crippen molar-refractivity contribution in [3.05, 3.63) is 23.8 Å². The molecule has 0 aromatic heterocycles. The second-order valence-electron chi connectivity index (χ2n) is 5.65. The first-order chi connectivity index (χ1) is 8.71. The van der Waals surface area contributed by atoms with E-state index in [2.05, 4.69) is 37.5 Å². The molecule has 0 saturated heterocycles. The van der Waals surface area contributed by atoms with E-state index in [1.165, 1.54) is 24.8 Å². The Morgan fingerprint density at radius 1 is 1.22 bits per heavy atom. The molecule has 1 saturated carbocycles. The van der Waals surface area contributed by atoms with Crippen LogP contribution in [0.15, 0.2) is 18.2 Å². The molecular weight excluding hydrogens is 226 g/mol. The van der Waals surface area contributed by atoms with Gasteiger partial charge < -0.3 is 14.8 Å². The van der Waals surface area contributed by atoms with Crippen molar-refractivity contribution < 1.29 is 9.47 Å². The number of fused-ring (bicyclic) bond motifs is 1. The first-order valence-electron chi connectivity index (χ1n) is 6.79. The molecule has 1 N–H and O–H groups in total. The van der Waals surface area contributed by atoms with Gasteiger partial charge in [-0.3, -0.25) is 0 Å². The molecular formula is C15H21NO2. The molecule has 3 heteroatoms. The summed E-state index contributed by atoms with van der Waals surface area (Å²) in [5.41, 5.74) is 1.65. The van der Waals surface area contributed by atoms with Gasteiger partial charge in [0.1, 0.15) is 13.2 Å². The standard InChI is InChI=1S/C15H21NO2/c1-15(6-5-12(10-15)16-2)11-3-4-13-14(9-11)18-8-7-17-13/h3-4,9,12,16H,5-8,10H2,1-2H3. The molecule has 0 bridgehead atoms. The van der Waals surface area contributed by atoms with Crippen LogP contribution in [-0.4, -0.2) is 26.3 Å². The predicted molar refractivity (Wildman–Crippen MR) is 71.5 cm³/mol. The summed E-state index contributed by atoms with van der Waals surface area (Å²) in [6, 6.07) is 7.07. The zero-order valence-corrected chi connectivity index (χ0v) is 11.2. The maximum Gasteiger partial charge on any atom is 0.161 e. The lowest BCUT2D eigenvalue weighted by Gasteiger charge is -2.27. The molecule has 98 valence electrons. The van der Waals surface area contributed by atoms with Gasteiger partial charge in [0.05, 0.1) is 0 Å². The molecule has 2 aliphatic rings. The van der Waals surface area contributed by atoms with Gasteiger partial charge in [0.25, 0.3) is 0 Å². The summed E-state index contributed by atoms with van der Waals surface area (Å²) in [7, 11) is 2.06. The number of nitrogens with one attached hydrogen (secondary N) is 1. The van der Waals surface area contributed by atoms with Crippen LogP contribution in [0.3, 0.4) is 0 Å². The maximum absolute atomic E-state index is 5.68. The Balaban J connectivity index is 1.88. The van der Waals surface area contributed by atoms with Crippen molar-refractivity contribution in [3.8, 4) is 11.5 Å². The molecule has 0 amide bonds. The average Bonchev–Trinajstić information content (AvgIpc) is 2.81. The van der Waals surface area contributed by atoms with Gasteiger partial charge in [-0.1, -0.05) is 13.0 Å². The fraction of sp³-hybridized carbons (Fsp3) is 0.600. The molecule has 1 fully saturated rings. The van der Waals surface area contributed by atoms with Gasteiger partial charge in [-0.25, -0.2) is 0 Å². The molecule has 0 spiro atoms. The van der Waals surface area contributed by atoms with E-state index >= 15 is 0 Å². The Kier molecular flexibility index (Phi) is 2.94. The largest absolute Gasteiger partial charge is 0.486 e. The highest BCUT2D eigenvalue weighted by Gasteiger charge is 2.36. The van der Waals surface area contributed by atoms with Gasteiger partial charge in [0.2, 0.25) is 0 Å². The van der Waals surface area contributed by atoms with Crippen LogP contribution >= 0.6 is 0 Å². The van der Waals surface area contributed by atoms with E-state index in [4.69, 9.17) is 9.47 Å². The van der Waals surface area contributed by atoms with E-state index in [1.54, 1.807) is 0 Å². The third kappa shape index (κ3) is 1.97. The van der Waals surface area contributed by atoms with Crippen LogP contribution in [-0.2, 0) is 5.41 Å². The second-order valence-corrected chi connectivity index (χ2v) is 5.65. The minimum absolute atomic E-state index is 0.267. The van der Waals surface area contributed by atoms with E-state index in [0.29, 0.717) is 19.3 Å². The highest BCUT2D eigenvalue weighted by atomic mass is 16.6. The lowest BCUT2D eigenvalue weighted by atomic mass is 9.80. The molecule has 2 atom stereocenters. The van der Waals surface area contributed by atoms with Gasteiger partial charge in [-0.05, 0) is 49.4 Å². The molecule has 1 aliphatic heterocycles. The molecule has 1 heterocycles. The highest BCUT2D eigenvalue weighted by Crippen LogP contribution is 2.43. The molecule has 1 aliphatic carbocycles. The van der Waals surface area contributed by atoms with Gasteiger partial charge in [0.15, 0.2) is 11.5 Å². The van der Waals surface area contributed by atoms with Crippen molar-refractivity contribution in [2.24, 2.45) is 0 Å². The smallest absolute Gasteiger partial charge is 0.161 e. The summed E-state index contributed by atoms with van der Waals surface area (Å²) in [5.74, 6) is 1.80. The van der Waals surface area contributed by atoms with Crippen LogP contribution in [0.25, 0.3) is 0 Å². The van der Waals surface area contributed by atoms with Gasteiger partial charge in [-0.15, -0.1) is 0 Å². The van der Waals surface area contributed by atoms with Crippen molar-refractivity contribution in [2.75, 3.05) is 20.3 Å². The number of benzene rings is 1. The monoisotopic (exact) mass is 247 g/mol. The van der Waals surface area contributed by atoms with Crippen LogP contribution in [0, 0.1) is 0 Å². The first-order valence-corrected chi connectivity index (χ1v) is 6.79. The summed E-state index contributed by atoms with van der Waals surface area (Å²) >= 11 is 0. The van der Waals surface area contributed by atoms with Crippen molar-refractivity contribution in [3.63, 3.8) is 0 Å². The van der Waals surface area contributed by atoms with Crippen LogP contribution in [0.4, 0.5) is 0 Å². The molecule has 18 heavy (non-hydrogen) atoms. The molecule has 3 rings (SSSR count). The van der Waals surface area contributed by atoms with Crippen molar-refractivity contribution in [1.82, 2.24) is 5.32 Å². The normalized spacial score (nSPS) is 30.4.